The summed E-state index contributed by atoms with van der Waals surface area (Å²) in [4.78, 5) is 12.0. The van der Waals surface area contributed by atoms with Crippen LogP contribution in [-0.4, -0.2) is 21.1 Å². The molecule has 26 heavy (non-hydrogen) atoms. The van der Waals surface area contributed by atoms with Crippen LogP contribution in [0.4, 0.5) is 4.79 Å². The van der Waals surface area contributed by atoms with Gasteiger partial charge in [0.2, 0.25) is 0 Å². The fourth-order valence-electron chi connectivity index (χ4n) is 3.30. The van der Waals surface area contributed by atoms with Crippen molar-refractivity contribution in [2.75, 3.05) is 0 Å². The molecular weight excluding hydrogens is 344 g/mol. The number of aryl methyl sites for hydroxylation is 2. The summed E-state index contributed by atoms with van der Waals surface area (Å²) in [5, 5.41) is 13.3. The molecule has 2 N–H and O–H groups in total. The first-order valence-corrected chi connectivity index (χ1v) is 9.52. The molecule has 1 atom stereocenters. The zero-order chi connectivity index (χ0) is 17.9. The minimum Gasteiger partial charge on any atom is -0.369 e. The van der Waals surface area contributed by atoms with Crippen LogP contribution in [-0.2, 0) is 13.0 Å². The molecule has 132 valence electrons. The molecule has 0 radical (unpaired) electrons. The number of aliphatic hydroxyl groups is 1. The van der Waals surface area contributed by atoms with Crippen molar-refractivity contribution >= 4 is 34.0 Å². The van der Waals surface area contributed by atoms with E-state index in [1.54, 1.807) is 0 Å². The summed E-state index contributed by atoms with van der Waals surface area (Å²) in [6.45, 7) is 0.954. The number of thioether (sulfide) groups is 1. The van der Waals surface area contributed by atoms with Gasteiger partial charge >= 0.3 is 0 Å². The molecule has 2 heterocycles. The predicted molar refractivity (Wildman–Crippen MR) is 107 cm³/mol. The third-order valence-electron chi connectivity index (χ3n) is 4.59. The first kappa shape index (κ1) is 16.9. The Hall–Kier alpha value is -2.50. The summed E-state index contributed by atoms with van der Waals surface area (Å²) in [6, 6.07) is 18.8. The van der Waals surface area contributed by atoms with Crippen molar-refractivity contribution in [3.8, 4) is 0 Å². The van der Waals surface area contributed by atoms with Gasteiger partial charge in [0, 0.05) is 28.5 Å². The highest BCUT2D eigenvalue weighted by molar-refractivity contribution is 8.17. The van der Waals surface area contributed by atoms with Gasteiger partial charge in [0.05, 0.1) is 0 Å². The number of carbonyl (C=O) groups is 1. The molecule has 0 bridgehead atoms. The Labute approximate surface area is 156 Å². The third-order valence-corrected chi connectivity index (χ3v) is 5.47. The molecule has 1 unspecified atom stereocenters. The summed E-state index contributed by atoms with van der Waals surface area (Å²) in [6.07, 6.45) is 5.23. The highest BCUT2D eigenvalue weighted by Gasteiger charge is 2.25. The third kappa shape index (κ3) is 3.54. The van der Waals surface area contributed by atoms with Crippen molar-refractivity contribution in [1.29, 1.82) is 0 Å². The number of carbonyl (C=O) groups excluding carboxylic acids is 1. The zero-order valence-corrected chi connectivity index (χ0v) is 15.1. The summed E-state index contributed by atoms with van der Waals surface area (Å²) < 4.78 is 2.27. The van der Waals surface area contributed by atoms with Crippen LogP contribution in [0.5, 0.6) is 0 Å². The number of aliphatic hydroxyl groups excluding tert-OH is 1. The molecule has 0 saturated carbocycles. The van der Waals surface area contributed by atoms with E-state index in [0.717, 1.165) is 42.1 Å². The van der Waals surface area contributed by atoms with Gasteiger partial charge in [-0.1, -0.05) is 42.5 Å². The molecule has 1 saturated heterocycles. The van der Waals surface area contributed by atoms with Crippen molar-refractivity contribution in [1.82, 2.24) is 9.88 Å². The highest BCUT2D eigenvalue weighted by Crippen LogP contribution is 2.31. The second-order valence-electron chi connectivity index (χ2n) is 6.36. The molecule has 1 aromatic heterocycles. The van der Waals surface area contributed by atoms with Crippen LogP contribution >= 0.6 is 11.8 Å². The minimum absolute atomic E-state index is 0.214. The first-order valence-electron chi connectivity index (χ1n) is 8.70. The Morgan fingerprint density at radius 2 is 1.96 bits per heavy atom. The smallest absolute Gasteiger partial charge is 0.285 e. The number of hydrogen-bond acceptors (Lipinski definition) is 3. The minimum atomic E-state index is -0.907. The Kier molecular flexibility index (Phi) is 4.82. The number of amides is 1. The number of aromatic nitrogens is 1. The maximum atomic E-state index is 11.4. The summed E-state index contributed by atoms with van der Waals surface area (Å²) >= 11 is 1.05. The number of rotatable bonds is 5. The topological polar surface area (TPSA) is 54.3 Å². The summed E-state index contributed by atoms with van der Waals surface area (Å²) in [5.41, 5.74) is 3.55. The number of fused-ring (bicyclic) bond motifs is 1. The Morgan fingerprint density at radius 3 is 2.73 bits per heavy atom. The molecule has 1 aliphatic rings. The average Bonchev–Trinajstić information content (AvgIpc) is 3.20. The van der Waals surface area contributed by atoms with Crippen LogP contribution in [0.3, 0.4) is 0 Å². The van der Waals surface area contributed by atoms with Gasteiger partial charge in [0.25, 0.3) is 5.24 Å². The van der Waals surface area contributed by atoms with Gasteiger partial charge in [-0.25, -0.2) is 0 Å². The number of nitrogens with one attached hydrogen (secondary N) is 1. The largest absolute Gasteiger partial charge is 0.369 e. The van der Waals surface area contributed by atoms with Gasteiger partial charge in [-0.05, 0) is 53.9 Å². The normalized spacial score (nSPS) is 18.6. The molecule has 1 aliphatic heterocycles. The molecular formula is C21H20N2O2S. The van der Waals surface area contributed by atoms with Crippen molar-refractivity contribution in [2.24, 2.45) is 0 Å². The van der Waals surface area contributed by atoms with Crippen molar-refractivity contribution in [3.05, 3.63) is 76.8 Å². The molecule has 4 rings (SSSR count). The van der Waals surface area contributed by atoms with E-state index in [4.69, 9.17) is 0 Å². The number of nitrogens with zero attached hydrogens (tertiary/aromatic N) is 1. The van der Waals surface area contributed by atoms with Gasteiger partial charge in [-0.15, -0.1) is 0 Å². The Morgan fingerprint density at radius 1 is 1.12 bits per heavy atom. The van der Waals surface area contributed by atoms with E-state index in [1.165, 1.54) is 11.1 Å². The molecule has 0 aliphatic carbocycles. The van der Waals surface area contributed by atoms with Gasteiger partial charge in [-0.3, -0.25) is 4.79 Å². The van der Waals surface area contributed by atoms with E-state index in [0.29, 0.717) is 4.91 Å². The summed E-state index contributed by atoms with van der Waals surface area (Å²) in [5.74, 6) is 0. The van der Waals surface area contributed by atoms with Crippen molar-refractivity contribution in [3.63, 3.8) is 0 Å². The highest BCUT2D eigenvalue weighted by atomic mass is 32.2. The number of hydrogen-bond donors (Lipinski definition) is 2. The van der Waals surface area contributed by atoms with E-state index >= 15 is 0 Å². The van der Waals surface area contributed by atoms with Crippen LogP contribution in [0.25, 0.3) is 17.0 Å². The lowest BCUT2D eigenvalue weighted by Gasteiger charge is -2.07. The van der Waals surface area contributed by atoms with E-state index < -0.39 is 6.23 Å². The lowest BCUT2D eigenvalue weighted by molar-refractivity contribution is 0.192. The molecule has 0 spiro atoms. The molecule has 1 fully saturated rings. The molecule has 4 nitrogen and oxygen atoms in total. The second kappa shape index (κ2) is 7.40. The standard InChI is InChI=1S/C21H20N2O2S/c24-20-19(26-21(25)22-20)14-16-9-4-10-18-17(16)11-13-23(18)12-5-8-15-6-2-1-3-7-15/h1-4,6-7,9-11,13-14,20,24H,5,8,12H2,(H,22,25)/b19-14-. The monoisotopic (exact) mass is 364 g/mol. The van der Waals surface area contributed by atoms with Crippen LogP contribution in [0.1, 0.15) is 17.5 Å². The fourth-order valence-corrected chi connectivity index (χ4v) is 4.04. The molecule has 1 amide bonds. The SMILES string of the molecule is O=C1NC(O)/C(=C/c2cccc3c2ccn3CCCc2ccccc2)S1. The van der Waals surface area contributed by atoms with E-state index in [-0.39, 0.29) is 5.24 Å². The molecule has 3 aromatic rings. The van der Waals surface area contributed by atoms with Crippen molar-refractivity contribution < 1.29 is 9.90 Å². The Balaban J connectivity index is 1.53. The summed E-state index contributed by atoms with van der Waals surface area (Å²) in [7, 11) is 0. The van der Waals surface area contributed by atoms with E-state index in [1.807, 2.05) is 24.3 Å². The maximum Gasteiger partial charge on any atom is 0.285 e. The fraction of sp³-hybridized carbons (Fsp3) is 0.190. The average molecular weight is 364 g/mol. The Bertz CT molecular complexity index is 963. The lowest BCUT2D eigenvalue weighted by Crippen LogP contribution is -2.24. The van der Waals surface area contributed by atoms with E-state index in [2.05, 4.69) is 52.5 Å². The molecule has 2 aromatic carbocycles. The molecule has 5 heteroatoms. The maximum absolute atomic E-state index is 11.4. The van der Waals surface area contributed by atoms with Gasteiger partial charge in [0.15, 0.2) is 6.23 Å². The zero-order valence-electron chi connectivity index (χ0n) is 14.3. The second-order valence-corrected chi connectivity index (χ2v) is 7.41. The number of benzene rings is 2. The lowest BCUT2D eigenvalue weighted by atomic mass is 10.1. The van der Waals surface area contributed by atoms with Crippen molar-refractivity contribution in [2.45, 2.75) is 25.6 Å². The van der Waals surface area contributed by atoms with Crippen LogP contribution in [0.2, 0.25) is 0 Å². The van der Waals surface area contributed by atoms with Gasteiger partial charge in [-0.2, -0.15) is 0 Å². The van der Waals surface area contributed by atoms with Crippen LogP contribution < -0.4 is 5.32 Å². The van der Waals surface area contributed by atoms with Crippen LogP contribution in [0.15, 0.2) is 65.7 Å². The van der Waals surface area contributed by atoms with E-state index in [9.17, 15) is 9.90 Å². The van der Waals surface area contributed by atoms with Crippen LogP contribution in [0, 0.1) is 0 Å². The first-order chi connectivity index (χ1) is 12.7. The van der Waals surface area contributed by atoms with Gasteiger partial charge in [0.1, 0.15) is 0 Å². The van der Waals surface area contributed by atoms with Gasteiger partial charge < -0.3 is 15.0 Å². The quantitative estimate of drug-likeness (QED) is 0.706. The predicted octanol–water partition coefficient (Wildman–Crippen LogP) is 4.39.